The monoisotopic (exact) mass is 372 g/mol. The van der Waals surface area contributed by atoms with E-state index < -0.39 is 6.67 Å². The molecule has 0 unspecified atom stereocenters. The Balaban J connectivity index is 1.97. The quantitative estimate of drug-likeness (QED) is 0.499. The average molecular weight is 373 g/mol. The van der Waals surface area contributed by atoms with Crippen LogP contribution in [-0.4, -0.2) is 10.1 Å². The molecule has 0 amide bonds. The molecule has 0 bridgehead atoms. The summed E-state index contributed by atoms with van der Waals surface area (Å²) in [6.45, 7) is -0.359. The molecule has 0 saturated heterocycles. The number of phenolic OH excluding ortho intramolecular Hbond substituents is 1. The Kier molecular flexibility index (Phi) is 5.25. The number of nitrogen functional groups attached to an aromatic ring is 1. The molecular weight excluding hydrogens is 355 g/mol. The fraction of sp³-hybridized carbons (Fsp3) is 0.105. The zero-order chi connectivity index (χ0) is 18.7. The van der Waals surface area contributed by atoms with Crippen molar-refractivity contribution in [1.29, 1.82) is 0 Å². The van der Waals surface area contributed by atoms with Gasteiger partial charge in [0.05, 0.1) is 5.69 Å². The molecule has 0 fully saturated rings. The minimum atomic E-state index is -0.646. The second kappa shape index (κ2) is 7.59. The second-order valence-electron chi connectivity index (χ2n) is 5.74. The van der Waals surface area contributed by atoms with Crippen molar-refractivity contribution in [2.45, 2.75) is 13.2 Å². The number of pyridine rings is 1. The van der Waals surface area contributed by atoms with Gasteiger partial charge in [-0.25, -0.2) is 9.37 Å². The lowest BCUT2D eigenvalue weighted by molar-refractivity contribution is 0.477. The van der Waals surface area contributed by atoms with Crippen molar-refractivity contribution in [2.75, 3.05) is 11.1 Å². The Morgan fingerprint density at radius 3 is 2.58 bits per heavy atom. The predicted octanol–water partition coefficient (Wildman–Crippen LogP) is 4.36. The Morgan fingerprint density at radius 1 is 1.08 bits per heavy atom. The number of nitrogens with two attached hydrogens (primary N) is 2. The number of benzene rings is 2. The lowest BCUT2D eigenvalue weighted by Crippen LogP contribution is -2.04. The number of anilines is 3. The van der Waals surface area contributed by atoms with Gasteiger partial charge in [0.2, 0.25) is 0 Å². The van der Waals surface area contributed by atoms with Crippen LogP contribution in [-0.2, 0) is 13.2 Å². The van der Waals surface area contributed by atoms with Crippen molar-refractivity contribution >= 4 is 28.8 Å². The third-order valence-electron chi connectivity index (χ3n) is 3.99. The van der Waals surface area contributed by atoms with Gasteiger partial charge in [-0.1, -0.05) is 17.7 Å². The number of aromatic nitrogens is 1. The lowest BCUT2D eigenvalue weighted by Gasteiger charge is -2.13. The van der Waals surface area contributed by atoms with Crippen LogP contribution in [0.4, 0.5) is 21.6 Å². The summed E-state index contributed by atoms with van der Waals surface area (Å²) in [6, 6.07) is 13.4. The third kappa shape index (κ3) is 3.71. The number of halogens is 2. The number of rotatable bonds is 5. The van der Waals surface area contributed by atoms with Gasteiger partial charge in [-0.2, -0.15) is 0 Å². The SMILES string of the molecule is NCc1ccc(-c2cc(Nc3ccc(Cl)cc3CF)ccc2O)nc1N. The molecule has 2 aromatic carbocycles. The first-order valence-corrected chi connectivity index (χ1v) is 8.30. The van der Waals surface area contributed by atoms with E-state index in [9.17, 15) is 9.50 Å². The Hall–Kier alpha value is -2.83. The molecule has 1 aromatic heterocycles. The summed E-state index contributed by atoms with van der Waals surface area (Å²) in [5.41, 5.74) is 14.9. The van der Waals surface area contributed by atoms with Crippen molar-refractivity contribution in [2.24, 2.45) is 5.73 Å². The van der Waals surface area contributed by atoms with Crippen LogP contribution in [0.25, 0.3) is 11.3 Å². The first-order valence-electron chi connectivity index (χ1n) is 7.92. The lowest BCUT2D eigenvalue weighted by atomic mass is 10.1. The molecule has 134 valence electrons. The topological polar surface area (TPSA) is 97.2 Å². The highest BCUT2D eigenvalue weighted by Gasteiger charge is 2.11. The highest BCUT2D eigenvalue weighted by molar-refractivity contribution is 6.30. The molecule has 3 aromatic rings. The van der Waals surface area contributed by atoms with E-state index in [-0.39, 0.29) is 12.3 Å². The molecule has 6 N–H and O–H groups in total. The first-order chi connectivity index (χ1) is 12.5. The van der Waals surface area contributed by atoms with E-state index in [0.717, 1.165) is 5.56 Å². The third-order valence-corrected chi connectivity index (χ3v) is 4.23. The summed E-state index contributed by atoms with van der Waals surface area (Å²) in [6.07, 6.45) is 0. The van der Waals surface area contributed by atoms with Crippen molar-refractivity contribution in [1.82, 2.24) is 4.98 Å². The van der Waals surface area contributed by atoms with Crippen molar-refractivity contribution < 1.29 is 9.50 Å². The summed E-state index contributed by atoms with van der Waals surface area (Å²) >= 11 is 5.91. The predicted molar refractivity (Wildman–Crippen MR) is 103 cm³/mol. The van der Waals surface area contributed by atoms with E-state index in [1.807, 2.05) is 0 Å². The van der Waals surface area contributed by atoms with E-state index in [2.05, 4.69) is 10.3 Å². The molecule has 0 aliphatic rings. The van der Waals surface area contributed by atoms with Gasteiger partial charge in [0.25, 0.3) is 0 Å². The van der Waals surface area contributed by atoms with Crippen molar-refractivity contribution in [3.05, 3.63) is 64.7 Å². The summed E-state index contributed by atoms with van der Waals surface area (Å²) in [4.78, 5) is 4.30. The highest BCUT2D eigenvalue weighted by atomic mass is 35.5. The number of hydrogen-bond donors (Lipinski definition) is 4. The van der Waals surface area contributed by atoms with Gasteiger partial charge in [0, 0.05) is 39.6 Å². The fourth-order valence-corrected chi connectivity index (χ4v) is 2.79. The number of nitrogens with zero attached hydrogens (tertiary/aromatic N) is 1. The molecule has 1 heterocycles. The van der Waals surface area contributed by atoms with E-state index in [0.29, 0.717) is 39.0 Å². The Labute approximate surface area is 155 Å². The minimum absolute atomic E-state index is 0.0600. The first kappa shape index (κ1) is 18.0. The van der Waals surface area contributed by atoms with Crippen LogP contribution in [0.2, 0.25) is 5.02 Å². The van der Waals surface area contributed by atoms with Crippen molar-refractivity contribution in [3.63, 3.8) is 0 Å². The molecular formula is C19H18ClFN4O. The summed E-state index contributed by atoms with van der Waals surface area (Å²) in [7, 11) is 0. The zero-order valence-corrected chi connectivity index (χ0v) is 14.6. The summed E-state index contributed by atoms with van der Waals surface area (Å²) in [5, 5.41) is 13.8. The molecule has 0 aliphatic heterocycles. The van der Waals surface area contributed by atoms with Gasteiger partial charge in [-0.3, -0.25) is 0 Å². The maximum absolute atomic E-state index is 13.2. The van der Waals surface area contributed by atoms with Crippen LogP contribution in [0.3, 0.4) is 0 Å². The Bertz CT molecular complexity index is 949. The number of phenols is 1. The minimum Gasteiger partial charge on any atom is -0.507 e. The van der Waals surface area contributed by atoms with Gasteiger partial charge >= 0.3 is 0 Å². The van der Waals surface area contributed by atoms with E-state index in [1.54, 1.807) is 42.5 Å². The van der Waals surface area contributed by atoms with Crippen LogP contribution in [0.15, 0.2) is 48.5 Å². The smallest absolute Gasteiger partial charge is 0.128 e. The second-order valence-corrected chi connectivity index (χ2v) is 6.17. The van der Waals surface area contributed by atoms with Crippen LogP contribution >= 0.6 is 11.6 Å². The number of hydrogen-bond acceptors (Lipinski definition) is 5. The van der Waals surface area contributed by atoms with E-state index >= 15 is 0 Å². The molecule has 5 nitrogen and oxygen atoms in total. The van der Waals surface area contributed by atoms with Crippen LogP contribution in [0.5, 0.6) is 5.75 Å². The molecule has 0 saturated carbocycles. The molecule has 7 heteroatoms. The Morgan fingerprint density at radius 2 is 1.88 bits per heavy atom. The summed E-state index contributed by atoms with van der Waals surface area (Å²) in [5.74, 6) is 0.380. The average Bonchev–Trinajstić information content (AvgIpc) is 2.64. The molecule has 26 heavy (non-hydrogen) atoms. The van der Waals surface area contributed by atoms with Crippen LogP contribution in [0, 0.1) is 0 Å². The molecule has 0 atom stereocenters. The molecule has 0 radical (unpaired) electrons. The zero-order valence-electron chi connectivity index (χ0n) is 13.8. The molecule has 3 rings (SSSR count). The van der Waals surface area contributed by atoms with Crippen LogP contribution < -0.4 is 16.8 Å². The van der Waals surface area contributed by atoms with Gasteiger partial charge < -0.3 is 21.9 Å². The molecule has 0 spiro atoms. The van der Waals surface area contributed by atoms with E-state index in [1.165, 1.54) is 6.07 Å². The molecule has 0 aliphatic carbocycles. The van der Waals surface area contributed by atoms with Gasteiger partial charge in [-0.15, -0.1) is 0 Å². The van der Waals surface area contributed by atoms with Crippen LogP contribution in [0.1, 0.15) is 11.1 Å². The largest absolute Gasteiger partial charge is 0.507 e. The normalized spacial score (nSPS) is 10.7. The maximum atomic E-state index is 13.2. The number of aromatic hydroxyl groups is 1. The summed E-state index contributed by atoms with van der Waals surface area (Å²) < 4.78 is 13.2. The van der Waals surface area contributed by atoms with Crippen molar-refractivity contribution in [3.8, 4) is 17.0 Å². The van der Waals surface area contributed by atoms with Gasteiger partial charge in [-0.05, 0) is 42.5 Å². The van der Waals surface area contributed by atoms with E-state index in [4.69, 9.17) is 23.1 Å². The van der Waals surface area contributed by atoms with Gasteiger partial charge in [0.15, 0.2) is 0 Å². The number of nitrogens with one attached hydrogen (secondary N) is 1. The number of alkyl halides is 1. The fourth-order valence-electron chi connectivity index (χ4n) is 2.60. The maximum Gasteiger partial charge on any atom is 0.128 e. The highest BCUT2D eigenvalue weighted by Crippen LogP contribution is 2.33. The van der Waals surface area contributed by atoms with Gasteiger partial charge in [0.1, 0.15) is 18.2 Å². The standard InChI is InChI=1S/C19H18ClFN4O/c20-13-2-5-16(12(7-13)9-21)24-14-3-6-18(26)15(8-14)17-4-1-11(10-22)19(23)25-17/h1-8,24,26H,9-10,22H2,(H2,23,25).